The third kappa shape index (κ3) is 4.80. The lowest BCUT2D eigenvalue weighted by Gasteiger charge is -2.06. The molecule has 9 heteroatoms. The number of nitrogens with zero attached hydrogens (tertiary/aromatic N) is 3. The number of halogens is 1. The van der Waals surface area contributed by atoms with Crippen LogP contribution >= 0.6 is 11.8 Å². The second-order valence-corrected chi connectivity index (χ2v) is 6.83. The van der Waals surface area contributed by atoms with Crippen molar-refractivity contribution in [2.75, 3.05) is 25.3 Å². The van der Waals surface area contributed by atoms with Gasteiger partial charge in [0, 0.05) is 12.1 Å². The summed E-state index contributed by atoms with van der Waals surface area (Å²) in [6.45, 7) is 0.354. The van der Waals surface area contributed by atoms with E-state index in [0.29, 0.717) is 29.5 Å². The van der Waals surface area contributed by atoms with Gasteiger partial charge in [-0.2, -0.15) is 0 Å². The molecule has 28 heavy (non-hydrogen) atoms. The maximum absolute atomic E-state index is 13.6. The molecule has 3 N–H and O–H groups in total. The minimum Gasteiger partial charge on any atom is -0.497 e. The third-order valence-electron chi connectivity index (χ3n) is 4.02. The van der Waals surface area contributed by atoms with Crippen molar-refractivity contribution in [1.29, 1.82) is 0 Å². The van der Waals surface area contributed by atoms with Crippen LogP contribution in [0.15, 0.2) is 53.7 Å². The van der Waals surface area contributed by atoms with E-state index in [4.69, 9.17) is 10.6 Å². The van der Waals surface area contributed by atoms with Gasteiger partial charge in [0.15, 0.2) is 5.82 Å². The number of amides is 1. The highest BCUT2D eigenvalue weighted by atomic mass is 32.2. The Balaban J connectivity index is 1.51. The molecule has 146 valence electrons. The Labute approximate surface area is 166 Å². The van der Waals surface area contributed by atoms with Crippen LogP contribution in [0.2, 0.25) is 0 Å². The molecule has 0 atom stereocenters. The molecule has 0 aliphatic heterocycles. The molecule has 7 nitrogen and oxygen atoms in total. The van der Waals surface area contributed by atoms with Gasteiger partial charge in [-0.15, -0.1) is 10.2 Å². The van der Waals surface area contributed by atoms with Crippen molar-refractivity contribution in [3.05, 3.63) is 59.9 Å². The topological polar surface area (TPSA) is 95.1 Å². The summed E-state index contributed by atoms with van der Waals surface area (Å²) in [5, 5.41) is 11.3. The third-order valence-corrected chi connectivity index (χ3v) is 4.96. The number of aromatic nitrogens is 3. The monoisotopic (exact) mass is 401 g/mol. The number of methoxy groups -OCH3 is 1. The van der Waals surface area contributed by atoms with E-state index >= 15 is 0 Å². The smallest absolute Gasteiger partial charge is 0.230 e. The maximum Gasteiger partial charge on any atom is 0.230 e. The van der Waals surface area contributed by atoms with Gasteiger partial charge in [0.2, 0.25) is 11.1 Å². The summed E-state index contributed by atoms with van der Waals surface area (Å²) in [6, 6.07) is 13.8. The van der Waals surface area contributed by atoms with Crippen molar-refractivity contribution in [2.45, 2.75) is 11.6 Å². The number of rotatable bonds is 8. The van der Waals surface area contributed by atoms with Crippen LogP contribution in [-0.4, -0.2) is 40.2 Å². The molecule has 0 saturated heterocycles. The van der Waals surface area contributed by atoms with Gasteiger partial charge in [-0.1, -0.05) is 30.0 Å². The number of carbonyl (C=O) groups is 1. The fraction of sp³-hybridized carbons (Fsp3) is 0.211. The lowest BCUT2D eigenvalue weighted by Crippen LogP contribution is -2.27. The molecule has 0 spiro atoms. The van der Waals surface area contributed by atoms with Gasteiger partial charge in [-0.25, -0.2) is 9.07 Å². The van der Waals surface area contributed by atoms with Crippen LogP contribution in [0.1, 0.15) is 5.56 Å². The first-order chi connectivity index (χ1) is 13.6. The van der Waals surface area contributed by atoms with Gasteiger partial charge in [-0.3, -0.25) is 4.79 Å². The molecule has 1 aromatic heterocycles. The van der Waals surface area contributed by atoms with E-state index in [1.165, 1.54) is 22.5 Å². The first-order valence-electron chi connectivity index (χ1n) is 8.56. The minimum absolute atomic E-state index is 0.134. The average molecular weight is 401 g/mol. The molecule has 0 fully saturated rings. The maximum atomic E-state index is 13.6. The summed E-state index contributed by atoms with van der Waals surface area (Å²) in [5.74, 6) is 6.95. The van der Waals surface area contributed by atoms with Gasteiger partial charge < -0.3 is 15.9 Å². The molecule has 0 radical (unpaired) electrons. The Morgan fingerprint density at radius 2 is 1.96 bits per heavy atom. The van der Waals surface area contributed by atoms with Gasteiger partial charge in [0.1, 0.15) is 11.6 Å². The van der Waals surface area contributed by atoms with Crippen LogP contribution in [0.4, 0.5) is 4.39 Å². The van der Waals surface area contributed by atoms with E-state index in [1.54, 1.807) is 37.4 Å². The number of thioether (sulfide) groups is 1. The van der Waals surface area contributed by atoms with E-state index in [0.717, 1.165) is 11.3 Å². The molecule has 2 aromatic carbocycles. The zero-order valence-corrected chi connectivity index (χ0v) is 16.1. The lowest BCUT2D eigenvalue weighted by molar-refractivity contribution is -0.118. The van der Waals surface area contributed by atoms with E-state index < -0.39 is 0 Å². The normalized spacial score (nSPS) is 10.6. The average Bonchev–Trinajstić information content (AvgIpc) is 3.08. The van der Waals surface area contributed by atoms with Crippen LogP contribution in [0, 0.1) is 5.82 Å². The summed E-state index contributed by atoms with van der Waals surface area (Å²) < 4.78 is 20.0. The molecule has 3 aromatic rings. The molecule has 0 aliphatic rings. The van der Waals surface area contributed by atoms with Crippen molar-refractivity contribution in [1.82, 2.24) is 20.2 Å². The minimum atomic E-state index is -0.270. The van der Waals surface area contributed by atoms with E-state index in [-0.39, 0.29) is 17.5 Å². The molecule has 0 aliphatic carbocycles. The number of hydrogen-bond acceptors (Lipinski definition) is 6. The number of ether oxygens (including phenoxy) is 1. The fourth-order valence-electron chi connectivity index (χ4n) is 2.53. The summed E-state index contributed by atoms with van der Waals surface area (Å²) >= 11 is 1.18. The second kappa shape index (κ2) is 9.23. The Morgan fingerprint density at radius 3 is 2.68 bits per heavy atom. The molecule has 3 rings (SSSR count). The second-order valence-electron chi connectivity index (χ2n) is 5.88. The zero-order valence-electron chi connectivity index (χ0n) is 15.3. The van der Waals surface area contributed by atoms with Crippen molar-refractivity contribution in [2.24, 2.45) is 0 Å². The van der Waals surface area contributed by atoms with Crippen molar-refractivity contribution >= 4 is 17.7 Å². The van der Waals surface area contributed by atoms with Crippen LogP contribution in [0.5, 0.6) is 5.75 Å². The number of carbonyl (C=O) groups excluding carboxylic acids is 1. The van der Waals surface area contributed by atoms with E-state index in [2.05, 4.69) is 15.5 Å². The number of benzene rings is 2. The van der Waals surface area contributed by atoms with Gasteiger partial charge in [0.25, 0.3) is 0 Å². The molecule has 0 saturated carbocycles. The predicted octanol–water partition coefficient (Wildman–Crippen LogP) is 2.26. The van der Waals surface area contributed by atoms with E-state index in [1.807, 2.05) is 12.1 Å². The van der Waals surface area contributed by atoms with Crippen LogP contribution < -0.4 is 15.9 Å². The van der Waals surface area contributed by atoms with Gasteiger partial charge in [0.05, 0.1) is 12.9 Å². The first-order valence-corrected chi connectivity index (χ1v) is 9.55. The Kier molecular flexibility index (Phi) is 6.49. The Bertz CT molecular complexity index is 946. The molecule has 0 unspecified atom stereocenters. The van der Waals surface area contributed by atoms with E-state index in [9.17, 15) is 9.18 Å². The highest BCUT2D eigenvalue weighted by molar-refractivity contribution is 7.99. The molecular weight excluding hydrogens is 381 g/mol. The van der Waals surface area contributed by atoms with Crippen molar-refractivity contribution < 1.29 is 13.9 Å². The zero-order chi connectivity index (χ0) is 19.9. The lowest BCUT2D eigenvalue weighted by atomic mass is 10.1. The molecule has 1 heterocycles. The summed E-state index contributed by atoms with van der Waals surface area (Å²) in [7, 11) is 1.59. The summed E-state index contributed by atoms with van der Waals surface area (Å²) in [6.07, 6.45) is 0.428. The predicted molar refractivity (Wildman–Crippen MR) is 106 cm³/mol. The van der Waals surface area contributed by atoms with Crippen LogP contribution in [-0.2, 0) is 11.2 Å². The SMILES string of the molecule is COc1ccc(-c2nnc(SCC(=O)NCCc3ccccc3F)n2N)cc1. The number of hydrogen-bond donors (Lipinski definition) is 2. The molecule has 0 bridgehead atoms. The summed E-state index contributed by atoms with van der Waals surface area (Å²) in [5.41, 5.74) is 1.36. The standard InChI is InChI=1S/C19H20FN5O2S/c1-27-15-8-6-14(7-9-15)18-23-24-19(25(18)21)28-12-17(26)22-11-10-13-4-2-3-5-16(13)20/h2-9H,10-12,21H2,1H3,(H,22,26). The van der Waals surface area contributed by atoms with Crippen LogP contribution in [0.25, 0.3) is 11.4 Å². The van der Waals surface area contributed by atoms with Gasteiger partial charge >= 0.3 is 0 Å². The van der Waals surface area contributed by atoms with Crippen molar-refractivity contribution in [3.63, 3.8) is 0 Å². The van der Waals surface area contributed by atoms with Crippen molar-refractivity contribution in [3.8, 4) is 17.1 Å². The Hall–Kier alpha value is -3.07. The quantitative estimate of drug-likeness (QED) is 0.444. The van der Waals surface area contributed by atoms with Gasteiger partial charge in [-0.05, 0) is 42.3 Å². The fourth-order valence-corrected chi connectivity index (χ4v) is 3.22. The first kappa shape index (κ1) is 19.7. The number of nitrogens with one attached hydrogen (secondary N) is 1. The highest BCUT2D eigenvalue weighted by Crippen LogP contribution is 2.23. The number of nitrogens with two attached hydrogens (primary N) is 1. The largest absolute Gasteiger partial charge is 0.497 e. The molecule has 1 amide bonds. The number of nitrogen functional groups attached to an aromatic ring is 1. The highest BCUT2D eigenvalue weighted by Gasteiger charge is 2.14. The Morgan fingerprint density at radius 1 is 1.21 bits per heavy atom. The molecular formula is C19H20FN5O2S. The summed E-state index contributed by atoms with van der Waals surface area (Å²) in [4.78, 5) is 12.0. The van der Waals surface area contributed by atoms with Crippen LogP contribution in [0.3, 0.4) is 0 Å².